The third-order valence-corrected chi connectivity index (χ3v) is 5.61. The van der Waals surface area contributed by atoms with E-state index < -0.39 is 0 Å². The molecule has 0 saturated heterocycles. The van der Waals surface area contributed by atoms with Crippen LogP contribution in [-0.4, -0.2) is 22.0 Å². The molecule has 2 heterocycles. The van der Waals surface area contributed by atoms with E-state index in [1.807, 2.05) is 36.6 Å². The maximum absolute atomic E-state index is 13.0. The first-order chi connectivity index (χ1) is 12.4. The third-order valence-electron chi connectivity index (χ3n) is 5.03. The highest BCUT2D eigenvalue weighted by atomic mass is 32.2. The maximum Gasteiger partial charge on any atom is 0.257 e. The Morgan fingerprint density at radius 3 is 2.58 bits per heavy atom. The zero-order chi connectivity index (χ0) is 18.5. The summed E-state index contributed by atoms with van der Waals surface area (Å²) in [6.07, 6.45) is 3.13. The Labute approximate surface area is 156 Å². The molecule has 4 rings (SSSR count). The van der Waals surface area contributed by atoms with Crippen molar-refractivity contribution < 1.29 is 4.79 Å². The molecule has 6 heteroatoms. The minimum Gasteiger partial charge on any atom is -0.343 e. The van der Waals surface area contributed by atoms with Crippen LogP contribution in [0.25, 0.3) is 0 Å². The van der Waals surface area contributed by atoms with Crippen molar-refractivity contribution in [3.05, 3.63) is 63.1 Å². The highest BCUT2D eigenvalue weighted by molar-refractivity contribution is 7.98. The minimum absolute atomic E-state index is 0.106. The van der Waals surface area contributed by atoms with Crippen molar-refractivity contribution in [2.24, 2.45) is 5.41 Å². The number of nitrogens with zero attached hydrogens (tertiary/aromatic N) is 1. The molecule has 0 bridgehead atoms. The number of carbonyl (C=O) groups is 1. The molecular weight excluding hydrogens is 346 g/mol. The summed E-state index contributed by atoms with van der Waals surface area (Å²) >= 11 is 1.39. The molecule has 0 spiro atoms. The van der Waals surface area contributed by atoms with Gasteiger partial charge in [-0.05, 0) is 23.7 Å². The van der Waals surface area contributed by atoms with Gasteiger partial charge in [0.15, 0.2) is 10.9 Å². The molecule has 0 amide bonds. The maximum atomic E-state index is 13.0. The van der Waals surface area contributed by atoms with E-state index in [2.05, 4.69) is 29.1 Å². The van der Waals surface area contributed by atoms with E-state index in [-0.39, 0.29) is 22.7 Å². The molecule has 1 aromatic heterocycles. The van der Waals surface area contributed by atoms with Crippen LogP contribution in [0.3, 0.4) is 0 Å². The number of ketones is 1. The molecule has 0 fully saturated rings. The highest BCUT2D eigenvalue weighted by Gasteiger charge is 2.42. The van der Waals surface area contributed by atoms with Gasteiger partial charge in [-0.15, -0.1) is 0 Å². The summed E-state index contributed by atoms with van der Waals surface area (Å²) < 4.78 is 0. The van der Waals surface area contributed by atoms with E-state index in [9.17, 15) is 9.59 Å². The average molecular weight is 367 g/mol. The van der Waals surface area contributed by atoms with Gasteiger partial charge in [-0.1, -0.05) is 55.9 Å². The van der Waals surface area contributed by atoms with Gasteiger partial charge in [-0.2, -0.15) is 0 Å². The summed E-state index contributed by atoms with van der Waals surface area (Å²) in [5, 5.41) is 3.88. The largest absolute Gasteiger partial charge is 0.343 e. The van der Waals surface area contributed by atoms with Crippen LogP contribution in [0, 0.1) is 5.41 Å². The van der Waals surface area contributed by atoms with Crippen LogP contribution in [0.15, 0.2) is 51.6 Å². The lowest BCUT2D eigenvalue weighted by molar-refractivity contribution is -0.118. The summed E-state index contributed by atoms with van der Waals surface area (Å²) in [5.41, 5.74) is 2.79. The van der Waals surface area contributed by atoms with E-state index in [0.717, 1.165) is 17.7 Å². The minimum atomic E-state index is -0.377. The monoisotopic (exact) mass is 367 g/mol. The Morgan fingerprint density at radius 2 is 1.88 bits per heavy atom. The number of thioether (sulfide) groups is 1. The number of H-pyrrole nitrogens is 1. The first kappa shape index (κ1) is 17.1. The van der Waals surface area contributed by atoms with Crippen LogP contribution in [-0.2, 0) is 4.79 Å². The van der Waals surface area contributed by atoms with Crippen LogP contribution in [0.5, 0.6) is 0 Å². The fraction of sp³-hybridized carbons (Fsp3) is 0.350. The second-order valence-electron chi connectivity index (χ2n) is 7.64. The zero-order valence-electron chi connectivity index (χ0n) is 15.1. The van der Waals surface area contributed by atoms with E-state index in [1.165, 1.54) is 11.8 Å². The summed E-state index contributed by atoms with van der Waals surface area (Å²) in [5.74, 6) is 0.297. The predicted octanol–water partition coefficient (Wildman–Crippen LogP) is 3.69. The molecular formula is C20H21N3O2S. The van der Waals surface area contributed by atoms with Crippen LogP contribution < -0.4 is 10.9 Å². The first-order valence-electron chi connectivity index (χ1n) is 8.66. The summed E-state index contributed by atoms with van der Waals surface area (Å²) in [6, 6.07) is 9.75. The first-order valence-corrected chi connectivity index (χ1v) is 9.88. The number of nitrogens with one attached hydrogen (secondary N) is 2. The molecule has 0 unspecified atom stereocenters. The number of carbonyl (C=O) groups excluding carboxylic acids is 1. The fourth-order valence-corrected chi connectivity index (χ4v) is 4.35. The normalized spacial score (nSPS) is 21.0. The number of benzene rings is 1. The van der Waals surface area contributed by atoms with Crippen molar-refractivity contribution in [1.29, 1.82) is 0 Å². The summed E-state index contributed by atoms with van der Waals surface area (Å²) in [7, 11) is 0. The number of allylic oxidation sites excluding steroid dienone is 2. The van der Waals surface area contributed by atoms with Crippen molar-refractivity contribution in [3.8, 4) is 0 Å². The second-order valence-corrected chi connectivity index (χ2v) is 8.43. The van der Waals surface area contributed by atoms with Gasteiger partial charge in [0, 0.05) is 23.6 Å². The number of fused-ring (bicyclic) bond motifs is 1. The lowest BCUT2D eigenvalue weighted by Gasteiger charge is -2.38. The molecule has 1 aromatic carbocycles. The van der Waals surface area contributed by atoms with Crippen LogP contribution in [0.2, 0.25) is 0 Å². The van der Waals surface area contributed by atoms with Crippen molar-refractivity contribution in [3.63, 3.8) is 0 Å². The van der Waals surface area contributed by atoms with Crippen LogP contribution in [0.4, 0.5) is 5.82 Å². The predicted molar refractivity (Wildman–Crippen MR) is 104 cm³/mol. The van der Waals surface area contributed by atoms with Gasteiger partial charge in [-0.3, -0.25) is 9.59 Å². The van der Waals surface area contributed by atoms with Crippen molar-refractivity contribution in [2.75, 3.05) is 11.6 Å². The van der Waals surface area contributed by atoms with Gasteiger partial charge in [0.25, 0.3) is 5.56 Å². The van der Waals surface area contributed by atoms with E-state index in [4.69, 9.17) is 0 Å². The molecule has 134 valence electrons. The quantitative estimate of drug-likeness (QED) is 0.625. The van der Waals surface area contributed by atoms with Gasteiger partial charge in [0.2, 0.25) is 0 Å². The number of aromatic nitrogens is 2. The van der Waals surface area contributed by atoms with Gasteiger partial charge in [0.1, 0.15) is 5.82 Å². The summed E-state index contributed by atoms with van der Waals surface area (Å²) in [4.78, 5) is 33.3. The molecule has 0 radical (unpaired) electrons. The van der Waals surface area contributed by atoms with E-state index in [1.54, 1.807) is 0 Å². The second kappa shape index (κ2) is 6.13. The molecule has 1 atom stereocenters. The lowest BCUT2D eigenvalue weighted by atomic mass is 9.69. The number of hydrogen-bond donors (Lipinski definition) is 2. The molecule has 2 aliphatic rings. The lowest BCUT2D eigenvalue weighted by Crippen LogP contribution is -2.37. The number of anilines is 1. The Hall–Kier alpha value is -2.34. The van der Waals surface area contributed by atoms with Crippen molar-refractivity contribution in [2.45, 2.75) is 37.8 Å². The topological polar surface area (TPSA) is 74.8 Å². The molecule has 26 heavy (non-hydrogen) atoms. The molecule has 1 aliphatic carbocycles. The van der Waals surface area contributed by atoms with Crippen molar-refractivity contribution >= 4 is 23.4 Å². The third kappa shape index (κ3) is 2.78. The van der Waals surface area contributed by atoms with Crippen molar-refractivity contribution in [1.82, 2.24) is 9.97 Å². The van der Waals surface area contributed by atoms with Gasteiger partial charge in [0.05, 0.1) is 5.56 Å². The van der Waals surface area contributed by atoms with Gasteiger partial charge in [-0.25, -0.2) is 4.98 Å². The number of rotatable bonds is 2. The van der Waals surface area contributed by atoms with Gasteiger partial charge >= 0.3 is 0 Å². The van der Waals surface area contributed by atoms with Gasteiger partial charge < -0.3 is 10.3 Å². The number of aromatic amines is 1. The zero-order valence-corrected chi connectivity index (χ0v) is 15.9. The molecule has 2 aromatic rings. The Morgan fingerprint density at radius 1 is 1.15 bits per heavy atom. The molecule has 2 N–H and O–H groups in total. The summed E-state index contributed by atoms with van der Waals surface area (Å²) in [6.45, 7) is 4.20. The SMILES string of the molecule is CSc1nc2c(c(=O)[nH]1)[C@@H](c1ccccc1)C1=C(CC(C)(C)CC1=O)N2. The van der Waals surface area contributed by atoms with E-state index in [0.29, 0.717) is 28.5 Å². The Kier molecular flexibility index (Phi) is 4.03. The molecule has 5 nitrogen and oxygen atoms in total. The Bertz CT molecular complexity index is 976. The number of hydrogen-bond acceptors (Lipinski definition) is 5. The van der Waals surface area contributed by atoms with E-state index >= 15 is 0 Å². The fourth-order valence-electron chi connectivity index (χ4n) is 3.97. The Balaban J connectivity index is 1.98. The highest BCUT2D eigenvalue weighted by Crippen LogP contribution is 2.47. The smallest absolute Gasteiger partial charge is 0.257 e. The van der Waals surface area contributed by atoms with Crippen LogP contribution >= 0.6 is 11.8 Å². The molecule has 0 saturated carbocycles. The molecule has 1 aliphatic heterocycles. The average Bonchev–Trinajstić information content (AvgIpc) is 2.59. The standard InChI is InChI=1S/C20H21N3O2S/c1-20(2)9-12-15(13(24)10-20)14(11-7-5-4-6-8-11)16-17(21-12)22-19(26-3)23-18(16)25/h4-8,14H,9-10H2,1-3H3,(H2,21,22,23,25)/t14-/m0/s1. The van der Waals surface area contributed by atoms with Crippen LogP contribution in [0.1, 0.15) is 43.7 Å². The number of Topliss-reactive ketones (excluding diaryl/α,β-unsaturated/α-hetero) is 1.